The van der Waals surface area contributed by atoms with E-state index in [9.17, 15) is 19.2 Å². The smallest absolute Gasteiger partial charge is 0.408 e. The number of ether oxygens (including phenoxy) is 3. The number of nitrogens with one attached hydrogen (secondary N) is 2. The largest absolute Gasteiger partial charge is 0.543 e. The lowest BCUT2D eigenvalue weighted by Gasteiger charge is -2.43. The molecular formula is C29H46N2O8SSi. The van der Waals surface area contributed by atoms with Gasteiger partial charge in [-0.25, -0.2) is 14.4 Å². The number of alkyl carbamates (subject to hydrolysis) is 1. The third kappa shape index (κ3) is 8.88. The number of cyclic esters (lactones) is 1. The molecule has 0 fully saturated rings. The molecule has 1 aliphatic heterocycles. The third-order valence-electron chi connectivity index (χ3n) is 7.76. The second-order valence-electron chi connectivity index (χ2n) is 12.6. The minimum Gasteiger partial charge on any atom is -0.543 e. The van der Waals surface area contributed by atoms with Gasteiger partial charge in [0, 0.05) is 17.1 Å². The molecule has 0 aliphatic carbocycles. The summed E-state index contributed by atoms with van der Waals surface area (Å²) in [4.78, 5) is 51.7. The highest BCUT2D eigenvalue weighted by Gasteiger charge is 2.45. The van der Waals surface area contributed by atoms with Crippen LogP contribution < -0.4 is 15.1 Å². The van der Waals surface area contributed by atoms with Crippen molar-refractivity contribution in [2.24, 2.45) is 5.92 Å². The number of esters is 2. The number of thioether (sulfide) groups is 1. The molecule has 0 aromatic heterocycles. The Balaban J connectivity index is 2.54. The van der Waals surface area contributed by atoms with Crippen LogP contribution in [0.4, 0.5) is 4.79 Å². The van der Waals surface area contributed by atoms with Gasteiger partial charge in [-0.15, -0.1) is 0 Å². The van der Waals surface area contributed by atoms with Crippen LogP contribution in [0.3, 0.4) is 0 Å². The zero-order valence-electron chi connectivity index (χ0n) is 26.2. The van der Waals surface area contributed by atoms with Crippen molar-refractivity contribution in [1.29, 1.82) is 0 Å². The predicted molar refractivity (Wildman–Crippen MR) is 162 cm³/mol. The highest BCUT2D eigenvalue weighted by Crippen LogP contribution is 2.46. The maximum atomic E-state index is 13.5. The highest BCUT2D eigenvalue weighted by molar-refractivity contribution is 7.98. The average Bonchev–Trinajstić information content (AvgIpc) is 2.84. The minimum absolute atomic E-state index is 0.0787. The molecule has 2 amide bonds. The maximum Gasteiger partial charge on any atom is 0.408 e. The van der Waals surface area contributed by atoms with Gasteiger partial charge in [0.15, 0.2) is 0 Å². The van der Waals surface area contributed by atoms with Gasteiger partial charge in [0.25, 0.3) is 8.32 Å². The molecule has 0 saturated carbocycles. The number of methoxy groups -OCH3 is 1. The Kier molecular flexibility index (Phi) is 11.3. The lowest BCUT2D eigenvalue weighted by Crippen LogP contribution is -2.55. The molecule has 0 spiro atoms. The molecule has 10 nitrogen and oxygen atoms in total. The molecule has 1 aromatic rings. The molecule has 1 aromatic carbocycles. The van der Waals surface area contributed by atoms with Gasteiger partial charge in [0.2, 0.25) is 5.91 Å². The first-order valence-corrected chi connectivity index (χ1v) is 17.8. The second kappa shape index (κ2) is 13.5. The summed E-state index contributed by atoms with van der Waals surface area (Å²) in [6.45, 7) is 19.5. The molecule has 41 heavy (non-hydrogen) atoms. The van der Waals surface area contributed by atoms with Crippen molar-refractivity contribution in [3.63, 3.8) is 0 Å². The number of hydrogen-bond donors (Lipinski definition) is 2. The van der Waals surface area contributed by atoms with Gasteiger partial charge in [-0.2, -0.15) is 11.8 Å². The predicted octanol–water partition coefficient (Wildman–Crippen LogP) is 4.97. The van der Waals surface area contributed by atoms with Crippen LogP contribution in [0.25, 0.3) is 0 Å². The van der Waals surface area contributed by atoms with Gasteiger partial charge >= 0.3 is 18.0 Å². The molecule has 12 heteroatoms. The van der Waals surface area contributed by atoms with E-state index in [4.69, 9.17) is 18.6 Å². The van der Waals surface area contributed by atoms with Crippen molar-refractivity contribution in [3.05, 3.63) is 28.8 Å². The Morgan fingerprint density at radius 1 is 1.15 bits per heavy atom. The van der Waals surface area contributed by atoms with E-state index < -0.39 is 56.5 Å². The van der Waals surface area contributed by atoms with Crippen molar-refractivity contribution in [1.82, 2.24) is 10.6 Å². The van der Waals surface area contributed by atoms with E-state index in [1.807, 2.05) is 12.1 Å². The lowest BCUT2D eigenvalue weighted by atomic mass is 9.99. The van der Waals surface area contributed by atoms with E-state index in [0.29, 0.717) is 34.1 Å². The average molecular weight is 611 g/mol. The van der Waals surface area contributed by atoms with Crippen LogP contribution in [-0.4, -0.2) is 69.4 Å². The summed E-state index contributed by atoms with van der Waals surface area (Å²) < 4.78 is 22.6. The zero-order chi connectivity index (χ0) is 31.3. The van der Waals surface area contributed by atoms with E-state index in [2.05, 4.69) is 51.4 Å². The molecular weight excluding hydrogens is 564 g/mol. The molecule has 2 N–H and O–H groups in total. The number of benzene rings is 1. The van der Waals surface area contributed by atoms with Crippen LogP contribution >= 0.6 is 11.8 Å². The van der Waals surface area contributed by atoms with Crippen molar-refractivity contribution in [3.8, 4) is 5.75 Å². The van der Waals surface area contributed by atoms with Crippen LogP contribution in [-0.2, 0) is 29.6 Å². The van der Waals surface area contributed by atoms with Crippen molar-refractivity contribution < 1.29 is 37.8 Å². The number of hydrogen-bond acceptors (Lipinski definition) is 9. The topological polar surface area (TPSA) is 129 Å². The number of carbonyl (C=O) groups is 4. The SMILES string of the molecule is COC(=O)[C@@H]1CSCc2c(O[Si](C)(C)C(C)(C)C(C)C)ccc(C)c2C(=O)OC[C@@H](NC(=O)OC(C)(C)C)C(=O)N1. The molecule has 230 valence electrons. The number of amides is 2. The van der Waals surface area contributed by atoms with E-state index >= 15 is 0 Å². The van der Waals surface area contributed by atoms with E-state index in [1.165, 1.54) is 18.9 Å². The zero-order valence-corrected chi connectivity index (χ0v) is 28.0. The first-order valence-electron chi connectivity index (χ1n) is 13.7. The fourth-order valence-electron chi connectivity index (χ4n) is 4.10. The van der Waals surface area contributed by atoms with Crippen LogP contribution in [0.5, 0.6) is 5.75 Å². The van der Waals surface area contributed by atoms with Gasteiger partial charge < -0.3 is 29.3 Å². The summed E-state index contributed by atoms with van der Waals surface area (Å²) in [7, 11) is -1.12. The Morgan fingerprint density at radius 3 is 2.34 bits per heavy atom. The number of aryl methyl sites for hydroxylation is 1. The number of fused-ring (bicyclic) bond motifs is 1. The molecule has 2 atom stereocenters. The Morgan fingerprint density at radius 2 is 1.78 bits per heavy atom. The molecule has 2 rings (SSSR count). The first kappa shape index (κ1) is 34.5. The molecule has 0 bridgehead atoms. The molecule has 1 aliphatic rings. The lowest BCUT2D eigenvalue weighted by molar-refractivity contribution is -0.144. The van der Waals surface area contributed by atoms with Crippen LogP contribution in [0, 0.1) is 12.8 Å². The Hall–Kier alpha value is -2.73. The van der Waals surface area contributed by atoms with E-state index in [-0.39, 0.29) is 10.8 Å². The summed E-state index contributed by atoms with van der Waals surface area (Å²) in [6, 6.07) is 1.38. The maximum absolute atomic E-state index is 13.5. The first-order chi connectivity index (χ1) is 18.8. The number of carbonyl (C=O) groups excluding carboxylic acids is 4. The van der Waals surface area contributed by atoms with Crippen LogP contribution in [0.2, 0.25) is 18.1 Å². The van der Waals surface area contributed by atoms with Crippen LogP contribution in [0.1, 0.15) is 70.0 Å². The quantitative estimate of drug-likeness (QED) is 0.261. The summed E-state index contributed by atoms with van der Waals surface area (Å²) in [5.74, 6) is -0.524. The van der Waals surface area contributed by atoms with Gasteiger partial charge in [-0.05, 0) is 63.4 Å². The minimum atomic E-state index is -2.35. The van der Waals surface area contributed by atoms with Gasteiger partial charge in [-0.3, -0.25) is 4.79 Å². The second-order valence-corrected chi connectivity index (χ2v) is 18.2. The van der Waals surface area contributed by atoms with Crippen molar-refractivity contribution in [2.75, 3.05) is 19.5 Å². The molecule has 0 radical (unpaired) electrons. The molecule has 0 unspecified atom stereocenters. The fraction of sp³-hybridized carbons (Fsp3) is 0.655. The van der Waals surface area contributed by atoms with E-state index in [1.54, 1.807) is 27.7 Å². The summed E-state index contributed by atoms with van der Waals surface area (Å²) >= 11 is 1.35. The van der Waals surface area contributed by atoms with Crippen molar-refractivity contribution >= 4 is 44.0 Å². The standard InChI is InChI=1S/C29H46N2O8SSi/c1-17(2)29(7,8)41(10,11)39-22-13-12-18(3)23-19(22)15-40-16-21(25(33)36-9)30-24(32)20(14-37-26(23)34)31-27(35)38-28(4,5)6/h12-13,17,20-21H,14-16H2,1-11H3,(H,30,32)(H,31,35)/t20-,21+/m1/s1. The summed E-state index contributed by atoms with van der Waals surface area (Å²) in [5.41, 5.74) is 0.867. The fourth-order valence-corrected chi connectivity index (χ4v) is 7.55. The van der Waals surface area contributed by atoms with E-state index in [0.717, 1.165) is 0 Å². The summed E-state index contributed by atoms with van der Waals surface area (Å²) in [6.07, 6.45) is -0.864. The van der Waals surface area contributed by atoms with Gasteiger partial charge in [-0.1, -0.05) is 33.8 Å². The highest BCUT2D eigenvalue weighted by atomic mass is 32.2. The summed E-state index contributed by atoms with van der Waals surface area (Å²) in [5, 5.41) is 5.00. The Labute approximate surface area is 249 Å². The molecule has 1 heterocycles. The number of rotatable bonds is 6. The third-order valence-corrected chi connectivity index (χ3v) is 13.2. The normalized spacial score (nSPS) is 19.1. The van der Waals surface area contributed by atoms with Gasteiger partial charge in [0.1, 0.15) is 30.0 Å². The monoisotopic (exact) mass is 610 g/mol. The van der Waals surface area contributed by atoms with Gasteiger partial charge in [0.05, 0.1) is 12.7 Å². The van der Waals surface area contributed by atoms with Crippen LogP contribution in [0.15, 0.2) is 12.1 Å². The van der Waals surface area contributed by atoms with Crippen molar-refractivity contribution in [2.45, 2.75) is 97.0 Å². The Bertz CT molecular complexity index is 1150. The molecule has 0 saturated heterocycles.